The van der Waals surface area contributed by atoms with E-state index in [2.05, 4.69) is 60.7 Å². The molecule has 0 aromatic heterocycles. The lowest BCUT2D eigenvalue weighted by Crippen LogP contribution is -2.41. The van der Waals surface area contributed by atoms with Gasteiger partial charge in [-0.05, 0) is 90.6 Å². The minimum absolute atomic E-state index is 0.392. The number of ether oxygens (including phenoxy) is 1. The van der Waals surface area contributed by atoms with Crippen molar-refractivity contribution in [1.29, 1.82) is 0 Å². The van der Waals surface area contributed by atoms with Crippen LogP contribution >= 0.6 is 0 Å². The van der Waals surface area contributed by atoms with Crippen LogP contribution in [0.5, 0.6) is 11.5 Å². The van der Waals surface area contributed by atoms with Crippen LogP contribution in [0.3, 0.4) is 0 Å². The zero-order chi connectivity index (χ0) is 23.1. The number of anilines is 2. The lowest BCUT2D eigenvalue weighted by Gasteiger charge is -2.32. The first-order chi connectivity index (χ1) is 14.8. The fourth-order valence-corrected chi connectivity index (χ4v) is 3.97. The molecule has 0 bridgehead atoms. The highest BCUT2D eigenvalue weighted by molar-refractivity contribution is 6.62. The number of hydrogen-bond acceptors (Lipinski definition) is 6. The highest BCUT2D eigenvalue weighted by atomic mass is 16.7. The molecule has 32 heavy (non-hydrogen) atoms. The van der Waals surface area contributed by atoms with E-state index in [1.54, 1.807) is 0 Å². The molecule has 2 fully saturated rings. The molecule has 168 valence electrons. The van der Waals surface area contributed by atoms with Gasteiger partial charge in [-0.2, -0.15) is 0 Å². The molecule has 3 aliphatic heterocycles. The van der Waals surface area contributed by atoms with Crippen LogP contribution in [0.2, 0.25) is 0 Å². The van der Waals surface area contributed by atoms with Crippen molar-refractivity contribution < 1.29 is 23.4 Å². The zero-order valence-corrected chi connectivity index (χ0v) is 20.2. The van der Waals surface area contributed by atoms with E-state index in [-0.39, 0.29) is 0 Å². The Bertz CT molecular complexity index is 967. The van der Waals surface area contributed by atoms with E-state index in [1.807, 2.05) is 36.4 Å². The molecule has 0 spiro atoms. The third-order valence-electron chi connectivity index (χ3n) is 7.55. The Morgan fingerprint density at radius 2 is 0.906 bits per heavy atom. The first-order valence-electron chi connectivity index (χ1n) is 11.2. The van der Waals surface area contributed by atoms with Gasteiger partial charge < -0.3 is 28.7 Å². The zero-order valence-electron chi connectivity index (χ0n) is 20.2. The summed E-state index contributed by atoms with van der Waals surface area (Å²) in [4.78, 5) is 0. The predicted octanol–water partition coefficient (Wildman–Crippen LogP) is 4.13. The normalized spacial score (nSPS) is 23.9. The third-order valence-corrected chi connectivity index (χ3v) is 7.55. The van der Waals surface area contributed by atoms with Crippen molar-refractivity contribution in [3.05, 3.63) is 36.4 Å². The van der Waals surface area contributed by atoms with Gasteiger partial charge in [0.2, 0.25) is 0 Å². The summed E-state index contributed by atoms with van der Waals surface area (Å²) in [5.74, 6) is 1.46. The van der Waals surface area contributed by atoms with Crippen LogP contribution in [0, 0.1) is 0 Å². The Kier molecular flexibility index (Phi) is 4.61. The molecule has 2 aromatic carbocycles. The Morgan fingerprint density at radius 3 is 1.25 bits per heavy atom. The number of benzene rings is 2. The van der Waals surface area contributed by atoms with E-state index in [0.29, 0.717) is 0 Å². The van der Waals surface area contributed by atoms with E-state index in [9.17, 15) is 0 Å². The van der Waals surface area contributed by atoms with Crippen LogP contribution < -0.4 is 21.0 Å². The van der Waals surface area contributed by atoms with Gasteiger partial charge >= 0.3 is 14.2 Å². The first kappa shape index (κ1) is 21.8. The summed E-state index contributed by atoms with van der Waals surface area (Å²) in [6.45, 7) is 16.4. The molecule has 2 saturated heterocycles. The molecule has 0 aliphatic carbocycles. The van der Waals surface area contributed by atoms with E-state index in [4.69, 9.17) is 23.4 Å². The van der Waals surface area contributed by atoms with Crippen LogP contribution in [0.25, 0.3) is 0 Å². The lowest BCUT2D eigenvalue weighted by molar-refractivity contribution is 0.00578. The highest BCUT2D eigenvalue weighted by Gasteiger charge is 2.53. The average Bonchev–Trinajstić information content (AvgIpc) is 3.05. The monoisotopic (exact) mass is 435 g/mol. The quantitative estimate of drug-likeness (QED) is 0.611. The second-order valence-electron chi connectivity index (χ2n) is 10.9. The summed E-state index contributed by atoms with van der Waals surface area (Å²) < 4.78 is 31.1. The van der Waals surface area contributed by atoms with E-state index >= 15 is 0 Å². The van der Waals surface area contributed by atoms with Crippen molar-refractivity contribution in [1.82, 2.24) is 0 Å². The van der Waals surface area contributed by atoms with Crippen molar-refractivity contribution in [2.75, 3.05) is 5.32 Å². The third kappa shape index (κ3) is 3.36. The van der Waals surface area contributed by atoms with Crippen LogP contribution in [-0.4, -0.2) is 36.6 Å². The summed E-state index contributed by atoms with van der Waals surface area (Å²) in [5, 5.41) is 3.45. The molecule has 0 unspecified atom stereocenters. The minimum atomic E-state index is -0.439. The van der Waals surface area contributed by atoms with Gasteiger partial charge in [0, 0.05) is 0 Å². The van der Waals surface area contributed by atoms with Crippen LogP contribution in [-0.2, 0) is 18.6 Å². The molecule has 2 aromatic rings. The smallest absolute Gasteiger partial charge is 0.453 e. The Morgan fingerprint density at radius 1 is 0.562 bits per heavy atom. The Balaban J connectivity index is 1.40. The summed E-state index contributed by atoms with van der Waals surface area (Å²) >= 11 is 0. The Labute approximate surface area is 191 Å². The van der Waals surface area contributed by atoms with Crippen molar-refractivity contribution in [3.8, 4) is 11.5 Å². The highest BCUT2D eigenvalue weighted by Crippen LogP contribution is 2.43. The van der Waals surface area contributed by atoms with Gasteiger partial charge in [-0.25, -0.2) is 0 Å². The molecular weight excluding hydrogens is 404 g/mol. The molecular formula is C24H31B2NO5. The van der Waals surface area contributed by atoms with E-state index in [0.717, 1.165) is 33.8 Å². The molecule has 0 atom stereocenters. The first-order valence-corrected chi connectivity index (χ1v) is 11.2. The summed E-state index contributed by atoms with van der Waals surface area (Å²) in [6.07, 6.45) is 0. The fourth-order valence-electron chi connectivity index (χ4n) is 3.97. The average molecular weight is 435 g/mol. The van der Waals surface area contributed by atoms with Crippen LogP contribution in [0.4, 0.5) is 11.4 Å². The summed E-state index contributed by atoms with van der Waals surface area (Å²) in [6, 6.07) is 12.0. The minimum Gasteiger partial charge on any atom is -0.453 e. The van der Waals surface area contributed by atoms with Crippen molar-refractivity contribution in [3.63, 3.8) is 0 Å². The van der Waals surface area contributed by atoms with Gasteiger partial charge in [-0.15, -0.1) is 0 Å². The molecule has 0 saturated carbocycles. The maximum atomic E-state index is 6.30. The lowest BCUT2D eigenvalue weighted by atomic mass is 9.78. The molecule has 3 aliphatic rings. The van der Waals surface area contributed by atoms with Gasteiger partial charge in [0.05, 0.1) is 33.8 Å². The SMILES string of the molecule is CC1(C)OB(c2ccc3c(c2)Oc2cc(B4OC(C)(C)C(C)(C)O4)ccc2N3)OC1(C)C. The van der Waals surface area contributed by atoms with Crippen LogP contribution in [0.15, 0.2) is 36.4 Å². The number of nitrogens with one attached hydrogen (secondary N) is 1. The van der Waals surface area contributed by atoms with Gasteiger partial charge in [-0.1, -0.05) is 12.1 Å². The van der Waals surface area contributed by atoms with Gasteiger partial charge in [0.25, 0.3) is 0 Å². The van der Waals surface area contributed by atoms with Crippen LogP contribution in [0.1, 0.15) is 55.4 Å². The van der Waals surface area contributed by atoms with Gasteiger partial charge in [0.15, 0.2) is 11.5 Å². The van der Waals surface area contributed by atoms with Crippen molar-refractivity contribution in [2.24, 2.45) is 0 Å². The Hall–Kier alpha value is -1.99. The molecule has 8 heteroatoms. The molecule has 6 nitrogen and oxygen atoms in total. The van der Waals surface area contributed by atoms with Gasteiger partial charge in [-0.3, -0.25) is 0 Å². The van der Waals surface area contributed by atoms with E-state index < -0.39 is 36.6 Å². The summed E-state index contributed by atoms with van der Waals surface area (Å²) in [5.41, 5.74) is 2.09. The fraction of sp³-hybridized carbons (Fsp3) is 0.500. The van der Waals surface area contributed by atoms with E-state index in [1.165, 1.54) is 0 Å². The number of rotatable bonds is 2. The summed E-state index contributed by atoms with van der Waals surface area (Å²) in [7, 11) is -0.877. The maximum Gasteiger partial charge on any atom is 0.494 e. The second-order valence-corrected chi connectivity index (χ2v) is 10.9. The molecule has 0 radical (unpaired) electrons. The van der Waals surface area contributed by atoms with Crippen molar-refractivity contribution >= 4 is 36.5 Å². The number of fused-ring (bicyclic) bond motifs is 2. The molecule has 5 rings (SSSR count). The second kappa shape index (κ2) is 6.76. The van der Waals surface area contributed by atoms with Gasteiger partial charge in [0.1, 0.15) is 0 Å². The topological polar surface area (TPSA) is 58.2 Å². The van der Waals surface area contributed by atoms with Crippen molar-refractivity contribution in [2.45, 2.75) is 77.8 Å². The molecule has 1 N–H and O–H groups in total. The predicted molar refractivity (Wildman–Crippen MR) is 128 cm³/mol. The molecule has 3 heterocycles. The molecule has 0 amide bonds. The largest absolute Gasteiger partial charge is 0.494 e. The standard InChI is InChI=1S/C24H31B2NO5/c1-21(2)22(3,4)30-25(29-21)15-9-11-17-19(13-15)28-20-14-16(10-12-18(20)27-17)26-31-23(5,6)24(7,8)32-26/h9-14,27H,1-8H3. The number of hydrogen-bond donors (Lipinski definition) is 1. The maximum absolute atomic E-state index is 6.30.